The van der Waals surface area contributed by atoms with Crippen molar-refractivity contribution in [1.29, 1.82) is 0 Å². The molecule has 0 fully saturated rings. The van der Waals surface area contributed by atoms with Gasteiger partial charge in [0.1, 0.15) is 0 Å². The van der Waals surface area contributed by atoms with Crippen molar-refractivity contribution in [2.45, 2.75) is 17.4 Å². The molecule has 7 heteroatoms. The number of likely N-dealkylation sites (N-methyl/N-ethyl adjacent to an activating group) is 1. The molecule has 23 heavy (non-hydrogen) atoms. The molecule has 0 unspecified atom stereocenters. The lowest BCUT2D eigenvalue weighted by Gasteiger charge is -2.34. The maximum atomic E-state index is 11.9. The van der Waals surface area contributed by atoms with E-state index in [-0.39, 0.29) is 10.8 Å². The van der Waals surface area contributed by atoms with Crippen LogP contribution in [0.2, 0.25) is 10.0 Å². The van der Waals surface area contributed by atoms with E-state index in [1.54, 1.807) is 18.2 Å². The quantitative estimate of drug-likeness (QED) is 0.882. The van der Waals surface area contributed by atoms with Gasteiger partial charge in [-0.3, -0.25) is 0 Å². The third kappa shape index (κ3) is 3.25. The summed E-state index contributed by atoms with van der Waals surface area (Å²) in [4.78, 5) is 2.24. The van der Waals surface area contributed by atoms with Gasteiger partial charge >= 0.3 is 0 Å². The van der Waals surface area contributed by atoms with Crippen LogP contribution in [-0.4, -0.2) is 26.9 Å². The fourth-order valence-electron chi connectivity index (χ4n) is 3.14. The highest BCUT2D eigenvalue weighted by atomic mass is 35.5. The second kappa shape index (κ2) is 6.07. The van der Waals surface area contributed by atoms with Crippen molar-refractivity contribution in [3.63, 3.8) is 0 Å². The molecule has 1 aliphatic rings. The van der Waals surface area contributed by atoms with E-state index in [0.29, 0.717) is 28.7 Å². The molecule has 2 aromatic rings. The molecule has 0 aromatic heterocycles. The van der Waals surface area contributed by atoms with Gasteiger partial charge in [0.05, 0.1) is 4.90 Å². The molecule has 0 spiro atoms. The van der Waals surface area contributed by atoms with Crippen LogP contribution < -0.4 is 5.14 Å². The second-order valence-corrected chi connectivity index (χ2v) is 8.16. The summed E-state index contributed by atoms with van der Waals surface area (Å²) in [6.07, 6.45) is 0. The largest absolute Gasteiger partial charge is 0.301 e. The van der Waals surface area contributed by atoms with Crippen LogP contribution in [0.15, 0.2) is 41.3 Å². The zero-order valence-corrected chi connectivity index (χ0v) is 14.8. The maximum absolute atomic E-state index is 11.9. The molecule has 3 rings (SSSR count). The Morgan fingerprint density at radius 1 is 1.17 bits per heavy atom. The number of nitrogens with zero attached hydrogens (tertiary/aromatic N) is 1. The Balaban J connectivity index is 2.24. The molecule has 0 aliphatic carbocycles. The minimum Gasteiger partial charge on any atom is -0.301 e. The molecule has 122 valence electrons. The van der Waals surface area contributed by atoms with Crippen LogP contribution >= 0.6 is 23.2 Å². The summed E-state index contributed by atoms with van der Waals surface area (Å²) >= 11 is 12.5. The monoisotopic (exact) mass is 370 g/mol. The van der Waals surface area contributed by atoms with Crippen LogP contribution in [0.4, 0.5) is 0 Å². The van der Waals surface area contributed by atoms with Crippen LogP contribution in [0.3, 0.4) is 0 Å². The molecule has 2 N–H and O–H groups in total. The number of sulfonamides is 1. The summed E-state index contributed by atoms with van der Waals surface area (Å²) in [5, 5.41) is 6.52. The zero-order chi connectivity index (χ0) is 16.8. The van der Waals surface area contributed by atoms with Crippen LogP contribution in [-0.2, 0) is 16.6 Å². The Morgan fingerprint density at radius 3 is 2.57 bits per heavy atom. The molecule has 1 atom stereocenters. The van der Waals surface area contributed by atoms with Gasteiger partial charge in [-0.2, -0.15) is 0 Å². The minimum absolute atomic E-state index is 0.141. The Labute approximate surface area is 145 Å². The standard InChI is InChI=1S/C16H16Cl2N2O2S/c1-20-8-13(11-4-2-3-5-16(11)23(19,21)22)12-6-10(17)7-15(18)14(12)9-20/h2-7,13H,8-9H2,1H3,(H2,19,21,22)/t13-/m1/s1. The van der Waals surface area contributed by atoms with Crippen LogP contribution in [0, 0.1) is 0 Å². The summed E-state index contributed by atoms with van der Waals surface area (Å²) in [5.41, 5.74) is 2.59. The number of rotatable bonds is 2. The van der Waals surface area contributed by atoms with Gasteiger partial charge in [-0.25, -0.2) is 13.6 Å². The number of benzene rings is 2. The van der Waals surface area contributed by atoms with E-state index in [1.807, 2.05) is 19.2 Å². The molecular weight excluding hydrogens is 355 g/mol. The predicted molar refractivity (Wildman–Crippen MR) is 92.5 cm³/mol. The lowest BCUT2D eigenvalue weighted by Crippen LogP contribution is -2.32. The zero-order valence-electron chi connectivity index (χ0n) is 12.5. The average molecular weight is 371 g/mol. The molecule has 0 amide bonds. The molecule has 0 saturated carbocycles. The molecule has 1 heterocycles. The van der Waals surface area contributed by atoms with Gasteiger partial charge < -0.3 is 4.90 Å². The fourth-order valence-corrected chi connectivity index (χ4v) is 4.52. The van der Waals surface area contributed by atoms with Gasteiger partial charge in [-0.1, -0.05) is 41.4 Å². The average Bonchev–Trinajstić information content (AvgIpc) is 2.46. The SMILES string of the molecule is CN1Cc2c(Cl)cc(Cl)cc2[C@@H](c2ccccc2S(N)(=O)=O)C1. The van der Waals surface area contributed by atoms with Crippen LogP contribution in [0.1, 0.15) is 22.6 Å². The van der Waals surface area contributed by atoms with Gasteiger partial charge in [-0.05, 0) is 41.9 Å². The van der Waals surface area contributed by atoms with Gasteiger partial charge in [0, 0.05) is 29.1 Å². The number of hydrogen-bond acceptors (Lipinski definition) is 3. The molecule has 0 saturated heterocycles. The van der Waals surface area contributed by atoms with Crippen molar-refractivity contribution in [3.05, 3.63) is 63.1 Å². The van der Waals surface area contributed by atoms with Gasteiger partial charge in [0.2, 0.25) is 10.0 Å². The van der Waals surface area contributed by atoms with Crippen molar-refractivity contribution >= 4 is 33.2 Å². The third-order valence-electron chi connectivity index (χ3n) is 4.09. The number of halogens is 2. The van der Waals surface area contributed by atoms with Crippen LogP contribution in [0.5, 0.6) is 0 Å². The molecule has 2 aromatic carbocycles. The van der Waals surface area contributed by atoms with Crippen molar-refractivity contribution in [2.75, 3.05) is 13.6 Å². The van der Waals surface area contributed by atoms with Crippen LogP contribution in [0.25, 0.3) is 0 Å². The maximum Gasteiger partial charge on any atom is 0.238 e. The summed E-state index contributed by atoms with van der Waals surface area (Å²) in [6.45, 7) is 1.36. The first-order valence-electron chi connectivity index (χ1n) is 7.05. The van der Waals surface area contributed by atoms with E-state index < -0.39 is 10.0 Å². The van der Waals surface area contributed by atoms with Crippen molar-refractivity contribution < 1.29 is 8.42 Å². The van der Waals surface area contributed by atoms with Crippen molar-refractivity contribution in [2.24, 2.45) is 5.14 Å². The second-order valence-electron chi connectivity index (χ2n) is 5.79. The number of fused-ring (bicyclic) bond motifs is 1. The Kier molecular flexibility index (Phi) is 4.42. The first-order valence-corrected chi connectivity index (χ1v) is 9.35. The first kappa shape index (κ1) is 16.7. The van der Waals surface area contributed by atoms with Gasteiger partial charge in [-0.15, -0.1) is 0 Å². The van der Waals surface area contributed by atoms with E-state index in [4.69, 9.17) is 28.3 Å². The number of primary sulfonamides is 1. The van der Waals surface area contributed by atoms with E-state index in [1.165, 1.54) is 6.07 Å². The van der Waals surface area contributed by atoms with E-state index in [9.17, 15) is 8.42 Å². The summed E-state index contributed by atoms with van der Waals surface area (Å²) in [7, 11) is -1.83. The lowest BCUT2D eigenvalue weighted by atomic mass is 9.85. The van der Waals surface area contributed by atoms with E-state index in [2.05, 4.69) is 4.90 Å². The van der Waals surface area contributed by atoms with Crippen molar-refractivity contribution in [1.82, 2.24) is 4.90 Å². The van der Waals surface area contributed by atoms with E-state index >= 15 is 0 Å². The fraction of sp³-hybridized carbons (Fsp3) is 0.250. The highest BCUT2D eigenvalue weighted by molar-refractivity contribution is 7.89. The molecule has 0 radical (unpaired) electrons. The minimum atomic E-state index is -3.81. The molecule has 0 bridgehead atoms. The number of nitrogens with two attached hydrogens (primary N) is 1. The Bertz CT molecular complexity index is 868. The topological polar surface area (TPSA) is 63.4 Å². The summed E-state index contributed by atoms with van der Waals surface area (Å²) in [5.74, 6) is -0.158. The van der Waals surface area contributed by atoms with Gasteiger partial charge in [0.15, 0.2) is 0 Å². The lowest BCUT2D eigenvalue weighted by molar-refractivity contribution is 0.294. The molecule has 4 nitrogen and oxygen atoms in total. The Morgan fingerprint density at radius 2 is 1.87 bits per heavy atom. The molecule has 1 aliphatic heterocycles. The highest BCUT2D eigenvalue weighted by Gasteiger charge is 2.30. The predicted octanol–water partition coefficient (Wildman–Crippen LogP) is 3.22. The normalized spacial score (nSPS) is 18.7. The van der Waals surface area contributed by atoms with E-state index in [0.717, 1.165) is 11.1 Å². The smallest absolute Gasteiger partial charge is 0.238 e. The third-order valence-corrected chi connectivity index (χ3v) is 5.63. The number of hydrogen-bond donors (Lipinski definition) is 1. The van der Waals surface area contributed by atoms with Crippen molar-refractivity contribution in [3.8, 4) is 0 Å². The van der Waals surface area contributed by atoms with Gasteiger partial charge in [0.25, 0.3) is 0 Å². The summed E-state index contributed by atoms with van der Waals surface area (Å²) in [6, 6.07) is 10.4. The Hall–Kier alpha value is -1.11. The highest BCUT2D eigenvalue weighted by Crippen LogP contribution is 2.39. The first-order chi connectivity index (χ1) is 10.8. The molecular formula is C16H16Cl2N2O2S. The summed E-state index contributed by atoms with van der Waals surface area (Å²) < 4.78 is 23.9.